The SMILES string of the molecule is Cc1c(Cl)cccc1-n1nc(C(=O)O)c(=O)cc1C. The number of aromatic carboxylic acids is 1. The molecule has 0 radical (unpaired) electrons. The maximum atomic E-state index is 11.5. The number of rotatable bonds is 2. The number of halogens is 1. The standard InChI is InChI=1S/C13H11ClN2O3/c1-7-6-11(17)12(13(18)19)15-16(7)10-5-3-4-9(14)8(10)2/h3-6H,1-2H3,(H,18,19). The van der Waals surface area contributed by atoms with Crippen LogP contribution in [0.5, 0.6) is 0 Å². The van der Waals surface area contributed by atoms with Crippen molar-refractivity contribution in [2.75, 3.05) is 0 Å². The quantitative estimate of drug-likeness (QED) is 0.914. The van der Waals surface area contributed by atoms with Gasteiger partial charge >= 0.3 is 5.97 Å². The van der Waals surface area contributed by atoms with E-state index in [2.05, 4.69) is 5.10 Å². The second-order valence-electron chi connectivity index (χ2n) is 4.10. The van der Waals surface area contributed by atoms with Crippen LogP contribution in [0.4, 0.5) is 0 Å². The molecule has 0 saturated heterocycles. The highest BCUT2D eigenvalue weighted by Crippen LogP contribution is 2.22. The molecular formula is C13H11ClN2O3. The summed E-state index contributed by atoms with van der Waals surface area (Å²) in [5, 5.41) is 13.4. The molecule has 6 heteroatoms. The molecule has 2 aromatic rings. The second kappa shape index (κ2) is 4.85. The number of aryl methyl sites for hydroxylation is 1. The summed E-state index contributed by atoms with van der Waals surface area (Å²) in [4.78, 5) is 22.5. The molecule has 0 amide bonds. The maximum absolute atomic E-state index is 11.5. The summed E-state index contributed by atoms with van der Waals surface area (Å²) in [6, 6.07) is 6.48. The number of hydrogen-bond donors (Lipinski definition) is 1. The zero-order chi connectivity index (χ0) is 14.2. The van der Waals surface area contributed by atoms with Gasteiger partial charge in [-0.15, -0.1) is 0 Å². The van der Waals surface area contributed by atoms with E-state index in [4.69, 9.17) is 16.7 Å². The minimum atomic E-state index is -1.35. The maximum Gasteiger partial charge on any atom is 0.360 e. The van der Waals surface area contributed by atoms with E-state index < -0.39 is 17.1 Å². The number of carbonyl (C=O) groups is 1. The van der Waals surface area contributed by atoms with Crippen LogP contribution in [0.15, 0.2) is 29.1 Å². The molecule has 2 rings (SSSR count). The van der Waals surface area contributed by atoms with E-state index in [0.717, 1.165) is 5.56 Å². The first kappa shape index (κ1) is 13.3. The minimum Gasteiger partial charge on any atom is -0.476 e. The monoisotopic (exact) mass is 278 g/mol. The zero-order valence-corrected chi connectivity index (χ0v) is 11.1. The van der Waals surface area contributed by atoms with Crippen molar-refractivity contribution < 1.29 is 9.90 Å². The number of nitrogens with zero attached hydrogens (tertiary/aromatic N) is 2. The predicted octanol–water partition coefficient (Wildman–Crippen LogP) is 2.20. The normalized spacial score (nSPS) is 10.5. The van der Waals surface area contributed by atoms with Crippen LogP contribution in [0.25, 0.3) is 5.69 Å². The average molecular weight is 279 g/mol. The Morgan fingerprint density at radius 1 is 1.37 bits per heavy atom. The van der Waals surface area contributed by atoms with Crippen molar-refractivity contribution in [3.05, 3.63) is 56.5 Å². The van der Waals surface area contributed by atoms with Crippen molar-refractivity contribution in [1.29, 1.82) is 0 Å². The van der Waals surface area contributed by atoms with Gasteiger partial charge in [0.25, 0.3) is 0 Å². The third-order valence-corrected chi connectivity index (χ3v) is 3.19. The van der Waals surface area contributed by atoms with Crippen LogP contribution in [-0.2, 0) is 0 Å². The lowest BCUT2D eigenvalue weighted by molar-refractivity contribution is 0.0686. The van der Waals surface area contributed by atoms with Crippen LogP contribution in [0, 0.1) is 13.8 Å². The zero-order valence-electron chi connectivity index (χ0n) is 10.3. The number of benzene rings is 1. The Kier molecular flexibility index (Phi) is 3.40. The fraction of sp³-hybridized carbons (Fsp3) is 0.154. The summed E-state index contributed by atoms with van der Waals surface area (Å²) >= 11 is 6.03. The second-order valence-corrected chi connectivity index (χ2v) is 4.51. The molecule has 0 bridgehead atoms. The molecule has 0 aliphatic heterocycles. The number of carboxylic acids is 1. The summed E-state index contributed by atoms with van der Waals surface area (Å²) in [6.45, 7) is 3.48. The first-order chi connectivity index (χ1) is 8.91. The van der Waals surface area contributed by atoms with Gasteiger partial charge in [-0.25, -0.2) is 9.48 Å². The van der Waals surface area contributed by atoms with Gasteiger partial charge in [0, 0.05) is 16.8 Å². The fourth-order valence-electron chi connectivity index (χ4n) is 1.76. The van der Waals surface area contributed by atoms with E-state index in [9.17, 15) is 9.59 Å². The van der Waals surface area contributed by atoms with Gasteiger partial charge in [-0.2, -0.15) is 5.10 Å². The smallest absolute Gasteiger partial charge is 0.360 e. The van der Waals surface area contributed by atoms with Gasteiger partial charge in [-0.3, -0.25) is 4.79 Å². The first-order valence-corrected chi connectivity index (χ1v) is 5.89. The van der Waals surface area contributed by atoms with Crippen molar-refractivity contribution in [2.45, 2.75) is 13.8 Å². The van der Waals surface area contributed by atoms with E-state index in [-0.39, 0.29) is 0 Å². The molecule has 98 valence electrons. The van der Waals surface area contributed by atoms with Gasteiger partial charge in [0.15, 0.2) is 0 Å². The fourth-order valence-corrected chi connectivity index (χ4v) is 1.93. The molecule has 1 aromatic carbocycles. The Hall–Kier alpha value is -2.14. The molecular weight excluding hydrogens is 268 g/mol. The first-order valence-electron chi connectivity index (χ1n) is 5.51. The van der Waals surface area contributed by atoms with Crippen molar-refractivity contribution in [3.63, 3.8) is 0 Å². The van der Waals surface area contributed by atoms with Crippen molar-refractivity contribution in [2.24, 2.45) is 0 Å². The summed E-state index contributed by atoms with van der Waals surface area (Å²) in [5.41, 5.74) is 0.832. The Morgan fingerprint density at radius 2 is 2.05 bits per heavy atom. The van der Waals surface area contributed by atoms with E-state index in [0.29, 0.717) is 16.4 Å². The summed E-state index contributed by atoms with van der Waals surface area (Å²) in [5.74, 6) is -1.35. The third-order valence-electron chi connectivity index (χ3n) is 2.78. The van der Waals surface area contributed by atoms with Crippen molar-refractivity contribution in [3.8, 4) is 5.69 Å². The summed E-state index contributed by atoms with van der Waals surface area (Å²) in [7, 11) is 0. The summed E-state index contributed by atoms with van der Waals surface area (Å²) in [6.07, 6.45) is 0. The molecule has 0 spiro atoms. The van der Waals surface area contributed by atoms with Gasteiger partial charge < -0.3 is 5.11 Å². The highest BCUT2D eigenvalue weighted by Gasteiger charge is 2.15. The van der Waals surface area contributed by atoms with Crippen LogP contribution in [0.1, 0.15) is 21.7 Å². The molecule has 1 N–H and O–H groups in total. The molecule has 19 heavy (non-hydrogen) atoms. The van der Waals surface area contributed by atoms with E-state index in [1.54, 1.807) is 32.0 Å². The van der Waals surface area contributed by atoms with E-state index >= 15 is 0 Å². The van der Waals surface area contributed by atoms with E-state index in [1.165, 1.54) is 10.7 Å². The Balaban J connectivity index is 2.76. The Bertz CT molecular complexity index is 722. The molecule has 0 unspecified atom stereocenters. The van der Waals surface area contributed by atoms with Crippen LogP contribution < -0.4 is 5.43 Å². The van der Waals surface area contributed by atoms with Crippen LogP contribution in [0.2, 0.25) is 5.02 Å². The Labute approximate surface area is 114 Å². The van der Waals surface area contributed by atoms with Crippen molar-refractivity contribution in [1.82, 2.24) is 9.78 Å². The van der Waals surface area contributed by atoms with Crippen LogP contribution >= 0.6 is 11.6 Å². The molecule has 0 atom stereocenters. The molecule has 1 heterocycles. The lowest BCUT2D eigenvalue weighted by Gasteiger charge is -2.13. The highest BCUT2D eigenvalue weighted by atomic mass is 35.5. The van der Waals surface area contributed by atoms with Gasteiger partial charge in [0.2, 0.25) is 11.1 Å². The molecule has 1 aromatic heterocycles. The third kappa shape index (κ3) is 2.37. The molecule has 0 fully saturated rings. The highest BCUT2D eigenvalue weighted by molar-refractivity contribution is 6.31. The average Bonchev–Trinajstić information content (AvgIpc) is 2.33. The predicted molar refractivity (Wildman–Crippen MR) is 71.3 cm³/mol. The number of hydrogen-bond acceptors (Lipinski definition) is 3. The lowest BCUT2D eigenvalue weighted by Crippen LogP contribution is -2.22. The van der Waals surface area contributed by atoms with E-state index in [1.807, 2.05) is 0 Å². The van der Waals surface area contributed by atoms with Crippen molar-refractivity contribution >= 4 is 17.6 Å². The lowest BCUT2D eigenvalue weighted by atomic mass is 10.2. The summed E-state index contributed by atoms with van der Waals surface area (Å²) < 4.78 is 1.41. The minimum absolute atomic E-state index is 0.509. The molecule has 0 saturated carbocycles. The number of carboxylic acid groups (broad SMARTS) is 1. The molecule has 5 nitrogen and oxygen atoms in total. The largest absolute Gasteiger partial charge is 0.476 e. The molecule has 0 aliphatic rings. The van der Waals surface area contributed by atoms with Gasteiger partial charge in [0.05, 0.1) is 5.69 Å². The Morgan fingerprint density at radius 3 is 2.68 bits per heavy atom. The molecule has 0 aliphatic carbocycles. The topological polar surface area (TPSA) is 72.2 Å². The van der Waals surface area contributed by atoms with Gasteiger partial charge in [0.1, 0.15) is 0 Å². The number of aromatic nitrogens is 2. The van der Waals surface area contributed by atoms with Gasteiger partial charge in [-0.05, 0) is 31.5 Å². The van der Waals surface area contributed by atoms with Gasteiger partial charge in [-0.1, -0.05) is 17.7 Å². The van der Waals surface area contributed by atoms with Crippen LogP contribution in [-0.4, -0.2) is 20.9 Å². The van der Waals surface area contributed by atoms with Crippen LogP contribution in [0.3, 0.4) is 0 Å².